The van der Waals surface area contributed by atoms with Crippen LogP contribution in [0.2, 0.25) is 0 Å². The highest BCUT2D eigenvalue weighted by atomic mass is 79.9. The Morgan fingerprint density at radius 2 is 1.77 bits per heavy atom. The van der Waals surface area contributed by atoms with Crippen LogP contribution >= 0.6 is 15.9 Å². The van der Waals surface area contributed by atoms with E-state index >= 15 is 0 Å². The molecule has 5 rings (SSSR count). The molecule has 26 heavy (non-hydrogen) atoms. The van der Waals surface area contributed by atoms with Gasteiger partial charge < -0.3 is 10.2 Å². The summed E-state index contributed by atoms with van der Waals surface area (Å²) in [6.07, 6.45) is 12.7. The molecule has 2 heterocycles. The van der Waals surface area contributed by atoms with Crippen molar-refractivity contribution in [1.29, 1.82) is 0 Å². The first-order valence-corrected chi connectivity index (χ1v) is 10.9. The van der Waals surface area contributed by atoms with Gasteiger partial charge in [0, 0.05) is 21.9 Å². The molecule has 0 amide bonds. The SMILES string of the molecule is Brc1ccc2ncnc(N[C@H]3CC[C@H](N4CCC5(CC4)CC5)CC3)c2c1. The van der Waals surface area contributed by atoms with E-state index in [0.29, 0.717) is 6.04 Å². The molecular weight excluding hydrogens is 388 g/mol. The molecule has 0 bridgehead atoms. The number of benzene rings is 1. The summed E-state index contributed by atoms with van der Waals surface area (Å²) in [4.78, 5) is 11.7. The van der Waals surface area contributed by atoms with Gasteiger partial charge in [0.25, 0.3) is 0 Å². The fourth-order valence-corrected chi connectivity index (χ4v) is 5.32. The van der Waals surface area contributed by atoms with E-state index in [9.17, 15) is 0 Å². The molecule has 2 aromatic rings. The number of anilines is 1. The molecule has 1 N–H and O–H groups in total. The monoisotopic (exact) mass is 414 g/mol. The Labute approximate surface area is 163 Å². The highest BCUT2D eigenvalue weighted by Crippen LogP contribution is 2.54. The smallest absolute Gasteiger partial charge is 0.137 e. The number of likely N-dealkylation sites (tertiary alicyclic amines) is 1. The van der Waals surface area contributed by atoms with Crippen molar-refractivity contribution in [3.63, 3.8) is 0 Å². The Morgan fingerprint density at radius 3 is 2.50 bits per heavy atom. The van der Waals surface area contributed by atoms with E-state index in [0.717, 1.165) is 32.7 Å². The van der Waals surface area contributed by atoms with Gasteiger partial charge >= 0.3 is 0 Å². The third kappa shape index (κ3) is 3.36. The van der Waals surface area contributed by atoms with Crippen molar-refractivity contribution in [1.82, 2.24) is 14.9 Å². The predicted molar refractivity (Wildman–Crippen MR) is 109 cm³/mol. The Morgan fingerprint density at radius 1 is 1.00 bits per heavy atom. The zero-order valence-corrected chi connectivity index (χ0v) is 16.8. The second kappa shape index (κ2) is 6.75. The lowest BCUT2D eigenvalue weighted by molar-refractivity contribution is 0.0975. The van der Waals surface area contributed by atoms with Crippen molar-refractivity contribution in [3.8, 4) is 0 Å². The molecule has 2 aliphatic carbocycles. The molecule has 0 unspecified atom stereocenters. The molecule has 1 aromatic heterocycles. The first-order chi connectivity index (χ1) is 12.7. The van der Waals surface area contributed by atoms with E-state index in [2.05, 4.69) is 42.2 Å². The van der Waals surface area contributed by atoms with Crippen molar-refractivity contribution in [2.24, 2.45) is 5.41 Å². The molecule has 138 valence electrons. The Bertz CT molecular complexity index is 786. The van der Waals surface area contributed by atoms with Crippen LogP contribution in [0.4, 0.5) is 5.82 Å². The maximum atomic E-state index is 4.52. The van der Waals surface area contributed by atoms with Crippen molar-refractivity contribution < 1.29 is 0 Å². The first kappa shape index (κ1) is 16.9. The van der Waals surface area contributed by atoms with Gasteiger partial charge in [-0.2, -0.15) is 0 Å². The third-order valence-electron chi connectivity index (χ3n) is 6.97. The van der Waals surface area contributed by atoms with E-state index in [-0.39, 0.29) is 0 Å². The average molecular weight is 415 g/mol. The van der Waals surface area contributed by atoms with Gasteiger partial charge in [-0.3, -0.25) is 0 Å². The quantitative estimate of drug-likeness (QED) is 0.767. The van der Waals surface area contributed by atoms with Crippen molar-refractivity contribution in [3.05, 3.63) is 29.0 Å². The molecule has 1 saturated heterocycles. The first-order valence-electron chi connectivity index (χ1n) is 10.1. The lowest BCUT2D eigenvalue weighted by Gasteiger charge is -2.41. The number of aromatic nitrogens is 2. The number of fused-ring (bicyclic) bond motifs is 1. The Balaban J connectivity index is 1.20. The van der Waals surface area contributed by atoms with Crippen LogP contribution in [0.15, 0.2) is 29.0 Å². The minimum Gasteiger partial charge on any atom is -0.367 e. The van der Waals surface area contributed by atoms with E-state index in [1.165, 1.54) is 64.5 Å². The second-order valence-corrected chi connectivity index (χ2v) is 9.49. The number of halogens is 1. The van der Waals surface area contributed by atoms with Crippen LogP contribution in [0.25, 0.3) is 10.9 Å². The number of hydrogen-bond donors (Lipinski definition) is 1. The fraction of sp³-hybridized carbons (Fsp3) is 0.619. The second-order valence-electron chi connectivity index (χ2n) is 8.57. The Kier molecular flexibility index (Phi) is 4.40. The molecule has 1 spiro atoms. The predicted octanol–water partition coefficient (Wildman–Crippen LogP) is 4.99. The lowest BCUT2D eigenvalue weighted by atomic mass is 9.86. The molecule has 5 heteroatoms. The average Bonchev–Trinajstić information content (AvgIpc) is 3.43. The molecule has 2 saturated carbocycles. The zero-order chi connectivity index (χ0) is 17.6. The summed E-state index contributed by atoms with van der Waals surface area (Å²) in [6, 6.07) is 7.54. The van der Waals surface area contributed by atoms with Gasteiger partial charge in [-0.05, 0) is 88.1 Å². The van der Waals surface area contributed by atoms with Crippen LogP contribution in [0.3, 0.4) is 0 Å². The van der Waals surface area contributed by atoms with E-state index in [4.69, 9.17) is 0 Å². The van der Waals surface area contributed by atoms with Crippen LogP contribution < -0.4 is 5.32 Å². The van der Waals surface area contributed by atoms with Gasteiger partial charge in [0.1, 0.15) is 12.1 Å². The van der Waals surface area contributed by atoms with Crippen molar-refractivity contribution in [2.45, 2.75) is 63.5 Å². The summed E-state index contributed by atoms with van der Waals surface area (Å²) >= 11 is 3.57. The van der Waals surface area contributed by atoms with Crippen molar-refractivity contribution >= 4 is 32.7 Å². The van der Waals surface area contributed by atoms with Crippen LogP contribution in [-0.4, -0.2) is 40.0 Å². The van der Waals surface area contributed by atoms with Gasteiger partial charge in [-0.25, -0.2) is 9.97 Å². The molecule has 0 radical (unpaired) electrons. The standard InChI is InChI=1S/C21H27BrN4/c22-15-1-6-19-18(13-15)20(24-14-23-19)25-16-2-4-17(5-3-16)26-11-9-21(7-8-21)10-12-26/h1,6,13-14,16-17H,2-5,7-12H2,(H,23,24,25)/t16-,17-. The summed E-state index contributed by atoms with van der Waals surface area (Å²) < 4.78 is 1.07. The van der Waals surface area contributed by atoms with Gasteiger partial charge in [0.15, 0.2) is 0 Å². The Hall–Kier alpha value is -1.20. The normalized spacial score (nSPS) is 28.3. The number of rotatable bonds is 3. The molecular formula is C21H27BrN4. The fourth-order valence-electron chi connectivity index (χ4n) is 4.96. The van der Waals surface area contributed by atoms with Crippen LogP contribution in [-0.2, 0) is 0 Å². The van der Waals surface area contributed by atoms with E-state index in [1.54, 1.807) is 6.33 Å². The number of nitrogens with one attached hydrogen (secondary N) is 1. The van der Waals surface area contributed by atoms with Crippen LogP contribution in [0.1, 0.15) is 51.4 Å². The summed E-state index contributed by atoms with van der Waals surface area (Å²) in [7, 11) is 0. The van der Waals surface area contributed by atoms with Crippen molar-refractivity contribution in [2.75, 3.05) is 18.4 Å². The highest BCUT2D eigenvalue weighted by molar-refractivity contribution is 9.10. The summed E-state index contributed by atoms with van der Waals surface area (Å²) in [5.74, 6) is 0.980. The van der Waals surface area contributed by atoms with Gasteiger partial charge in [0.05, 0.1) is 5.52 Å². The summed E-state index contributed by atoms with van der Waals surface area (Å²) in [5.41, 5.74) is 1.79. The maximum absolute atomic E-state index is 4.52. The topological polar surface area (TPSA) is 41.1 Å². The number of hydrogen-bond acceptors (Lipinski definition) is 4. The molecule has 0 atom stereocenters. The molecule has 1 aromatic carbocycles. The van der Waals surface area contributed by atoms with Crippen LogP contribution in [0, 0.1) is 5.41 Å². The third-order valence-corrected chi connectivity index (χ3v) is 7.46. The molecule has 1 aliphatic heterocycles. The maximum Gasteiger partial charge on any atom is 0.137 e. The summed E-state index contributed by atoms with van der Waals surface area (Å²) in [5, 5.41) is 4.81. The highest BCUT2D eigenvalue weighted by Gasteiger charge is 2.45. The van der Waals surface area contributed by atoms with E-state index in [1.807, 2.05) is 12.1 Å². The van der Waals surface area contributed by atoms with Gasteiger partial charge in [-0.1, -0.05) is 15.9 Å². The van der Waals surface area contributed by atoms with Gasteiger partial charge in [0.2, 0.25) is 0 Å². The van der Waals surface area contributed by atoms with E-state index < -0.39 is 0 Å². The van der Waals surface area contributed by atoms with Crippen LogP contribution in [0.5, 0.6) is 0 Å². The summed E-state index contributed by atoms with van der Waals surface area (Å²) in [6.45, 7) is 2.68. The minimum absolute atomic E-state index is 0.530. The molecule has 4 nitrogen and oxygen atoms in total. The minimum atomic E-state index is 0.530. The molecule has 3 aliphatic rings. The molecule has 3 fully saturated rings. The largest absolute Gasteiger partial charge is 0.367 e. The zero-order valence-electron chi connectivity index (χ0n) is 15.3. The van der Waals surface area contributed by atoms with Gasteiger partial charge in [-0.15, -0.1) is 0 Å². The lowest BCUT2D eigenvalue weighted by Crippen LogP contribution is -2.45. The number of nitrogens with zero attached hydrogens (tertiary/aromatic N) is 3. The number of piperidine rings is 1.